The van der Waals surface area contributed by atoms with E-state index in [9.17, 15) is 20.1 Å². The number of rotatable bonds is 9. The molecule has 1 aliphatic rings. The molecular weight excluding hydrogens is 501 g/mol. The number of hydrogen-bond donors (Lipinski definition) is 3. The lowest BCUT2D eigenvalue weighted by atomic mass is 9.79. The maximum atomic E-state index is 13.7. The smallest absolute Gasteiger partial charge is 0.164 e. The van der Waals surface area contributed by atoms with Gasteiger partial charge in [0.05, 0.1) is 5.92 Å². The van der Waals surface area contributed by atoms with Crippen LogP contribution in [0.1, 0.15) is 29.9 Å². The first-order valence-corrected chi connectivity index (χ1v) is 12.7. The lowest BCUT2D eigenvalue weighted by Crippen LogP contribution is -2.42. The number of benzene rings is 3. The van der Waals surface area contributed by atoms with Crippen molar-refractivity contribution in [2.75, 3.05) is 26.2 Å². The van der Waals surface area contributed by atoms with Crippen LogP contribution < -0.4 is 4.74 Å². The van der Waals surface area contributed by atoms with Crippen molar-refractivity contribution in [2.45, 2.75) is 24.9 Å². The molecule has 1 aliphatic heterocycles. The van der Waals surface area contributed by atoms with Gasteiger partial charge in [0.25, 0.3) is 0 Å². The Balaban J connectivity index is 1.35. The second-order valence-corrected chi connectivity index (χ2v) is 10.0. The summed E-state index contributed by atoms with van der Waals surface area (Å²) in [5.41, 5.74) is 1.80. The molecule has 6 nitrogen and oxygen atoms in total. The average Bonchev–Trinajstić information content (AvgIpc) is 2.87. The van der Waals surface area contributed by atoms with Gasteiger partial charge in [0.15, 0.2) is 11.5 Å². The third-order valence-electron chi connectivity index (χ3n) is 6.52. The van der Waals surface area contributed by atoms with Crippen molar-refractivity contribution in [3.8, 4) is 17.2 Å². The number of carbonyl (C=O) groups excluding carboxylic acids is 1. The molecule has 1 fully saturated rings. The van der Waals surface area contributed by atoms with E-state index < -0.39 is 12.0 Å². The predicted molar refractivity (Wildman–Crippen MR) is 140 cm³/mol. The lowest BCUT2D eigenvalue weighted by Gasteiger charge is -2.34. The SMILES string of the molecule is O=C(C1CCN(CC(O)COc2cc(O)ccc2O)CC1)C(c1ccc(Cl)cc1)c1ccc(Cl)cc1. The third-order valence-corrected chi connectivity index (χ3v) is 7.03. The molecule has 0 radical (unpaired) electrons. The Morgan fingerprint density at radius 1 is 0.917 bits per heavy atom. The molecular formula is C28H29Cl2NO5. The van der Waals surface area contributed by atoms with Crippen LogP contribution in [-0.4, -0.2) is 58.3 Å². The van der Waals surface area contributed by atoms with E-state index in [0.717, 1.165) is 11.1 Å². The summed E-state index contributed by atoms with van der Waals surface area (Å²) in [5, 5.41) is 31.0. The molecule has 3 aromatic carbocycles. The third kappa shape index (κ3) is 6.71. The Morgan fingerprint density at radius 2 is 1.47 bits per heavy atom. The zero-order chi connectivity index (χ0) is 25.7. The highest BCUT2D eigenvalue weighted by Crippen LogP contribution is 2.34. The van der Waals surface area contributed by atoms with E-state index in [1.807, 2.05) is 24.3 Å². The number of likely N-dealkylation sites (tertiary alicyclic amines) is 1. The molecule has 1 unspecified atom stereocenters. The monoisotopic (exact) mass is 529 g/mol. The van der Waals surface area contributed by atoms with Crippen molar-refractivity contribution in [2.24, 2.45) is 5.92 Å². The molecule has 0 aliphatic carbocycles. The number of ether oxygens (including phenoxy) is 1. The fraction of sp³-hybridized carbons (Fsp3) is 0.321. The van der Waals surface area contributed by atoms with E-state index in [0.29, 0.717) is 42.5 Å². The van der Waals surface area contributed by atoms with E-state index in [4.69, 9.17) is 27.9 Å². The van der Waals surface area contributed by atoms with Crippen LogP contribution in [0.2, 0.25) is 10.0 Å². The van der Waals surface area contributed by atoms with E-state index in [1.165, 1.54) is 18.2 Å². The van der Waals surface area contributed by atoms with Gasteiger partial charge in [0.2, 0.25) is 0 Å². The topological polar surface area (TPSA) is 90.2 Å². The first kappa shape index (κ1) is 26.3. The number of Topliss-reactive ketones (excluding diaryl/α,β-unsaturated/α-hetero) is 1. The Kier molecular flexibility index (Phi) is 8.75. The molecule has 36 heavy (non-hydrogen) atoms. The van der Waals surface area contributed by atoms with Crippen molar-refractivity contribution >= 4 is 29.0 Å². The number of phenols is 2. The quantitative estimate of drug-likeness (QED) is 0.327. The highest BCUT2D eigenvalue weighted by molar-refractivity contribution is 6.30. The molecule has 3 N–H and O–H groups in total. The Bertz CT molecular complexity index is 1120. The summed E-state index contributed by atoms with van der Waals surface area (Å²) in [5.74, 6) is -0.341. The summed E-state index contributed by atoms with van der Waals surface area (Å²) < 4.78 is 5.47. The molecule has 4 rings (SSSR count). The van der Waals surface area contributed by atoms with E-state index in [1.54, 1.807) is 24.3 Å². The predicted octanol–water partition coefficient (Wildman–Crippen LogP) is 5.26. The van der Waals surface area contributed by atoms with Gasteiger partial charge >= 0.3 is 0 Å². The second-order valence-electron chi connectivity index (χ2n) is 9.13. The number of piperidine rings is 1. The summed E-state index contributed by atoms with van der Waals surface area (Å²) in [6.45, 7) is 1.72. The molecule has 0 spiro atoms. The molecule has 1 saturated heterocycles. The molecule has 190 valence electrons. The number of hydrogen-bond acceptors (Lipinski definition) is 6. The molecule has 0 aromatic heterocycles. The molecule has 0 saturated carbocycles. The molecule has 3 aromatic rings. The maximum Gasteiger partial charge on any atom is 0.164 e. The minimum Gasteiger partial charge on any atom is -0.508 e. The van der Waals surface area contributed by atoms with Gasteiger partial charge < -0.3 is 25.0 Å². The van der Waals surface area contributed by atoms with Crippen LogP contribution in [0.4, 0.5) is 0 Å². The zero-order valence-electron chi connectivity index (χ0n) is 19.7. The van der Waals surface area contributed by atoms with Crippen LogP contribution in [0.5, 0.6) is 17.2 Å². The Morgan fingerprint density at radius 3 is 2.03 bits per heavy atom. The van der Waals surface area contributed by atoms with Gasteiger partial charge in [0, 0.05) is 28.6 Å². The second kappa shape index (κ2) is 12.0. The van der Waals surface area contributed by atoms with E-state index in [-0.39, 0.29) is 35.6 Å². The first-order chi connectivity index (χ1) is 17.3. The standard InChI is InChI=1S/C28H29Cl2NO5/c29-21-5-1-18(2-6-21)27(19-3-7-22(30)8-4-19)28(35)20-11-13-31(14-12-20)16-24(33)17-36-26-15-23(32)9-10-25(26)34/h1-10,15,20,24,27,32-34H,11-14,16-17H2. The molecule has 0 bridgehead atoms. The fourth-order valence-electron chi connectivity index (χ4n) is 4.62. The number of aromatic hydroxyl groups is 2. The van der Waals surface area contributed by atoms with Gasteiger partial charge in [-0.1, -0.05) is 47.5 Å². The Labute approximate surface area is 220 Å². The first-order valence-electron chi connectivity index (χ1n) is 11.9. The number of nitrogens with zero attached hydrogens (tertiary/aromatic N) is 1. The molecule has 0 amide bonds. The lowest BCUT2D eigenvalue weighted by molar-refractivity contribution is -0.125. The summed E-state index contributed by atoms with van der Waals surface area (Å²) in [4.78, 5) is 15.8. The number of β-amino-alcohol motifs (C(OH)–C–C–N with tert-alkyl or cyclic N) is 1. The maximum absolute atomic E-state index is 13.7. The van der Waals surface area contributed by atoms with Crippen molar-refractivity contribution in [1.82, 2.24) is 4.90 Å². The minimum absolute atomic E-state index is 0.0227. The van der Waals surface area contributed by atoms with Crippen LogP contribution >= 0.6 is 23.2 Å². The molecule has 8 heteroatoms. The van der Waals surface area contributed by atoms with Crippen molar-refractivity contribution < 1.29 is 24.9 Å². The zero-order valence-corrected chi connectivity index (χ0v) is 21.2. The highest BCUT2D eigenvalue weighted by atomic mass is 35.5. The van der Waals surface area contributed by atoms with Gasteiger partial charge in [-0.2, -0.15) is 0 Å². The number of aliphatic hydroxyl groups is 1. The summed E-state index contributed by atoms with van der Waals surface area (Å²) in [6.07, 6.45) is 0.601. The van der Waals surface area contributed by atoms with Gasteiger partial charge in [0.1, 0.15) is 24.2 Å². The van der Waals surface area contributed by atoms with Crippen molar-refractivity contribution in [3.63, 3.8) is 0 Å². The molecule has 1 heterocycles. The summed E-state index contributed by atoms with van der Waals surface area (Å²) in [6, 6.07) is 18.8. The number of aliphatic hydroxyl groups excluding tert-OH is 1. The van der Waals surface area contributed by atoms with Crippen LogP contribution in [-0.2, 0) is 4.79 Å². The van der Waals surface area contributed by atoms with Gasteiger partial charge in [-0.3, -0.25) is 4.79 Å². The van der Waals surface area contributed by atoms with Gasteiger partial charge in [-0.05, 0) is 73.5 Å². The van der Waals surface area contributed by atoms with Crippen LogP contribution in [0.15, 0.2) is 66.7 Å². The number of halogens is 2. The summed E-state index contributed by atoms with van der Waals surface area (Å²) >= 11 is 12.2. The van der Waals surface area contributed by atoms with Crippen LogP contribution in [0.3, 0.4) is 0 Å². The van der Waals surface area contributed by atoms with Crippen LogP contribution in [0.25, 0.3) is 0 Å². The van der Waals surface area contributed by atoms with E-state index in [2.05, 4.69) is 4.90 Å². The average molecular weight is 530 g/mol. The number of carbonyl (C=O) groups is 1. The summed E-state index contributed by atoms with van der Waals surface area (Å²) in [7, 11) is 0. The molecule has 1 atom stereocenters. The fourth-order valence-corrected chi connectivity index (χ4v) is 4.87. The van der Waals surface area contributed by atoms with Gasteiger partial charge in [-0.25, -0.2) is 0 Å². The van der Waals surface area contributed by atoms with Gasteiger partial charge in [-0.15, -0.1) is 0 Å². The van der Waals surface area contributed by atoms with E-state index >= 15 is 0 Å². The van der Waals surface area contributed by atoms with Crippen molar-refractivity contribution in [3.05, 3.63) is 87.9 Å². The normalized spacial score (nSPS) is 15.7. The highest BCUT2D eigenvalue weighted by Gasteiger charge is 2.32. The number of phenolic OH excluding ortho intramolecular Hbond substituents is 2. The minimum atomic E-state index is -0.783. The Hall–Kier alpha value is -2.77. The van der Waals surface area contributed by atoms with Crippen LogP contribution in [0, 0.1) is 5.92 Å². The van der Waals surface area contributed by atoms with Crippen molar-refractivity contribution in [1.29, 1.82) is 0 Å². The number of ketones is 1. The largest absolute Gasteiger partial charge is 0.508 e.